The Labute approximate surface area is 162 Å². The molecule has 28 heavy (non-hydrogen) atoms. The van der Waals surface area contributed by atoms with E-state index >= 15 is 0 Å². The van der Waals surface area contributed by atoms with Gasteiger partial charge in [0.15, 0.2) is 0 Å². The molecule has 0 aromatic heterocycles. The Morgan fingerprint density at radius 3 is 2.68 bits per heavy atom. The number of hydrogen-bond donors (Lipinski definition) is 1. The minimum Gasteiger partial charge on any atom is -0.370 e. The Hall–Kier alpha value is -3.26. The van der Waals surface area contributed by atoms with Gasteiger partial charge in [0.1, 0.15) is 6.10 Å². The van der Waals surface area contributed by atoms with Gasteiger partial charge in [-0.25, -0.2) is 0 Å². The monoisotopic (exact) mass is 383 g/mol. The number of hydrogen-bond acceptors (Lipinski definition) is 5. The number of nitrogens with zero attached hydrogens (tertiary/aromatic N) is 2. The Bertz CT molecular complexity index is 885. The summed E-state index contributed by atoms with van der Waals surface area (Å²) >= 11 is 0. The number of rotatable bonds is 5. The van der Waals surface area contributed by atoms with Crippen LogP contribution in [0, 0.1) is 17.0 Å². The van der Waals surface area contributed by atoms with Crippen molar-refractivity contribution in [3.8, 4) is 0 Å². The van der Waals surface area contributed by atoms with Gasteiger partial charge in [0.25, 0.3) is 11.6 Å². The van der Waals surface area contributed by atoms with E-state index in [1.165, 1.54) is 25.1 Å². The molecule has 1 saturated heterocycles. The van der Waals surface area contributed by atoms with Gasteiger partial charge in [-0.2, -0.15) is 0 Å². The van der Waals surface area contributed by atoms with Gasteiger partial charge in [-0.3, -0.25) is 19.7 Å². The van der Waals surface area contributed by atoms with Crippen LogP contribution in [0.1, 0.15) is 27.6 Å². The molecule has 1 fully saturated rings. The third kappa shape index (κ3) is 4.34. The summed E-state index contributed by atoms with van der Waals surface area (Å²) in [6.07, 6.45) is -0.200. The molecule has 1 N–H and O–H groups in total. The van der Waals surface area contributed by atoms with E-state index in [9.17, 15) is 19.7 Å². The van der Waals surface area contributed by atoms with E-state index in [1.807, 2.05) is 30.3 Å². The molecular weight excluding hydrogens is 362 g/mol. The zero-order valence-corrected chi connectivity index (χ0v) is 15.5. The molecule has 0 aliphatic carbocycles. The Kier molecular flexibility index (Phi) is 6.00. The SMILES string of the molecule is Cc1c(C(=O)NCC(=O)N2CCOC(c3ccccc3)C2)cccc1[N+](=O)[O-]. The van der Waals surface area contributed by atoms with Gasteiger partial charge in [0.2, 0.25) is 5.91 Å². The number of nitro groups is 1. The molecule has 2 aromatic rings. The second-order valence-electron chi connectivity index (χ2n) is 6.50. The third-order valence-corrected chi connectivity index (χ3v) is 4.74. The first-order valence-electron chi connectivity index (χ1n) is 8.94. The largest absolute Gasteiger partial charge is 0.370 e. The molecule has 1 aliphatic rings. The molecule has 8 nitrogen and oxygen atoms in total. The molecule has 2 amide bonds. The van der Waals surface area contributed by atoms with Crippen molar-refractivity contribution in [1.82, 2.24) is 10.2 Å². The van der Waals surface area contributed by atoms with Crippen LogP contribution in [0.4, 0.5) is 5.69 Å². The van der Waals surface area contributed by atoms with Crippen molar-refractivity contribution in [1.29, 1.82) is 0 Å². The molecule has 1 heterocycles. The summed E-state index contributed by atoms with van der Waals surface area (Å²) in [5, 5.41) is 13.6. The fourth-order valence-corrected chi connectivity index (χ4v) is 3.18. The molecule has 2 aromatic carbocycles. The molecule has 0 radical (unpaired) electrons. The van der Waals surface area contributed by atoms with Crippen LogP contribution < -0.4 is 5.32 Å². The van der Waals surface area contributed by atoms with Crippen LogP contribution in [0.3, 0.4) is 0 Å². The second-order valence-corrected chi connectivity index (χ2v) is 6.50. The molecule has 0 bridgehead atoms. The van der Waals surface area contributed by atoms with Gasteiger partial charge < -0.3 is 15.0 Å². The summed E-state index contributed by atoms with van der Waals surface area (Å²) in [4.78, 5) is 37.0. The molecule has 8 heteroatoms. The van der Waals surface area contributed by atoms with Crippen LogP contribution in [-0.4, -0.2) is 47.9 Å². The summed E-state index contributed by atoms with van der Waals surface area (Å²) in [6, 6.07) is 13.9. The second kappa shape index (κ2) is 8.62. The van der Waals surface area contributed by atoms with Crippen molar-refractivity contribution in [2.24, 2.45) is 0 Å². The smallest absolute Gasteiger partial charge is 0.273 e. The van der Waals surface area contributed by atoms with Crippen LogP contribution in [0.25, 0.3) is 0 Å². The minimum absolute atomic E-state index is 0.127. The predicted octanol–water partition coefficient (Wildman–Crippen LogP) is 2.23. The number of ether oxygens (including phenoxy) is 1. The van der Waals surface area contributed by atoms with Crippen molar-refractivity contribution in [3.63, 3.8) is 0 Å². The molecule has 1 unspecified atom stereocenters. The van der Waals surface area contributed by atoms with E-state index in [0.29, 0.717) is 19.7 Å². The summed E-state index contributed by atoms with van der Waals surface area (Å²) in [7, 11) is 0. The van der Waals surface area contributed by atoms with Gasteiger partial charge in [0, 0.05) is 23.7 Å². The maximum absolute atomic E-state index is 12.5. The van der Waals surface area contributed by atoms with Crippen molar-refractivity contribution >= 4 is 17.5 Å². The van der Waals surface area contributed by atoms with E-state index in [0.717, 1.165) is 5.56 Å². The van der Waals surface area contributed by atoms with Crippen LogP contribution in [0.5, 0.6) is 0 Å². The third-order valence-electron chi connectivity index (χ3n) is 4.74. The van der Waals surface area contributed by atoms with E-state index in [4.69, 9.17) is 4.74 Å². The van der Waals surface area contributed by atoms with Crippen molar-refractivity contribution in [2.75, 3.05) is 26.2 Å². The Morgan fingerprint density at radius 1 is 1.21 bits per heavy atom. The summed E-state index contributed by atoms with van der Waals surface area (Å²) in [5.41, 5.74) is 1.33. The molecule has 0 spiro atoms. The number of benzene rings is 2. The molecular formula is C20H21N3O5. The van der Waals surface area contributed by atoms with Crippen LogP contribution in [-0.2, 0) is 9.53 Å². The number of morpholine rings is 1. The molecule has 3 rings (SSSR count). The normalized spacial score (nSPS) is 16.5. The minimum atomic E-state index is -0.533. The summed E-state index contributed by atoms with van der Waals surface area (Å²) in [5.74, 6) is -0.733. The summed E-state index contributed by atoms with van der Waals surface area (Å²) in [6.45, 7) is 2.62. The number of nitro benzene ring substituents is 1. The van der Waals surface area contributed by atoms with E-state index in [-0.39, 0.29) is 35.4 Å². The van der Waals surface area contributed by atoms with Crippen LogP contribution in [0.15, 0.2) is 48.5 Å². The van der Waals surface area contributed by atoms with Gasteiger partial charge >= 0.3 is 0 Å². The average Bonchev–Trinajstić information content (AvgIpc) is 2.72. The quantitative estimate of drug-likeness (QED) is 0.630. The highest BCUT2D eigenvalue weighted by molar-refractivity contribution is 5.98. The average molecular weight is 383 g/mol. The maximum atomic E-state index is 12.5. The van der Waals surface area contributed by atoms with E-state index in [2.05, 4.69) is 5.32 Å². The lowest BCUT2D eigenvalue weighted by Gasteiger charge is -2.33. The van der Waals surface area contributed by atoms with E-state index < -0.39 is 10.8 Å². The standard InChI is InChI=1S/C20H21N3O5/c1-14-16(8-5-9-17(14)23(26)27)20(25)21-12-19(24)22-10-11-28-18(13-22)15-6-3-2-4-7-15/h2-9,18H,10-13H2,1H3,(H,21,25). The van der Waals surface area contributed by atoms with Gasteiger partial charge in [-0.05, 0) is 18.6 Å². The topological polar surface area (TPSA) is 102 Å². The number of carbonyl (C=O) groups excluding carboxylic acids is 2. The summed E-state index contributed by atoms with van der Waals surface area (Å²) < 4.78 is 5.75. The van der Waals surface area contributed by atoms with Crippen LogP contribution in [0.2, 0.25) is 0 Å². The van der Waals surface area contributed by atoms with E-state index in [1.54, 1.807) is 4.90 Å². The Morgan fingerprint density at radius 2 is 1.96 bits per heavy atom. The molecule has 0 saturated carbocycles. The maximum Gasteiger partial charge on any atom is 0.273 e. The van der Waals surface area contributed by atoms with Gasteiger partial charge in [0.05, 0.1) is 24.6 Å². The lowest BCUT2D eigenvalue weighted by Crippen LogP contribution is -2.46. The number of nitrogens with one attached hydrogen (secondary N) is 1. The predicted molar refractivity (Wildman–Crippen MR) is 102 cm³/mol. The first-order valence-corrected chi connectivity index (χ1v) is 8.94. The highest BCUT2D eigenvalue weighted by Gasteiger charge is 2.26. The first-order chi connectivity index (χ1) is 13.5. The molecule has 1 aliphatic heterocycles. The number of amides is 2. The van der Waals surface area contributed by atoms with Gasteiger partial charge in [-0.15, -0.1) is 0 Å². The zero-order chi connectivity index (χ0) is 20.1. The fourth-order valence-electron chi connectivity index (χ4n) is 3.18. The zero-order valence-electron chi connectivity index (χ0n) is 15.5. The first kappa shape index (κ1) is 19.5. The highest BCUT2D eigenvalue weighted by Crippen LogP contribution is 2.22. The lowest BCUT2D eigenvalue weighted by atomic mass is 10.1. The van der Waals surface area contributed by atoms with Gasteiger partial charge in [-0.1, -0.05) is 36.4 Å². The van der Waals surface area contributed by atoms with Crippen molar-refractivity contribution < 1.29 is 19.2 Å². The van der Waals surface area contributed by atoms with Crippen molar-refractivity contribution in [2.45, 2.75) is 13.0 Å². The fraction of sp³-hybridized carbons (Fsp3) is 0.300. The lowest BCUT2D eigenvalue weighted by molar-refractivity contribution is -0.385. The molecule has 1 atom stereocenters. The highest BCUT2D eigenvalue weighted by atomic mass is 16.6. The molecule has 146 valence electrons. The Balaban J connectivity index is 1.60. The van der Waals surface area contributed by atoms with Crippen LogP contribution >= 0.6 is 0 Å². The number of carbonyl (C=O) groups is 2. The van der Waals surface area contributed by atoms with Crippen molar-refractivity contribution in [3.05, 3.63) is 75.3 Å².